The highest BCUT2D eigenvalue weighted by Gasteiger charge is 2.31. The molecule has 112 valence electrons. The Bertz CT molecular complexity index is 629. The number of hydrogen-bond acceptors (Lipinski definition) is 2. The van der Waals surface area contributed by atoms with E-state index < -0.39 is 11.7 Å². The Kier molecular flexibility index (Phi) is 4.75. The molecule has 0 unspecified atom stereocenters. The van der Waals surface area contributed by atoms with Crippen LogP contribution in [0.1, 0.15) is 16.7 Å². The monoisotopic (exact) mass is 315 g/mol. The van der Waals surface area contributed by atoms with Crippen molar-refractivity contribution in [2.24, 2.45) is 5.73 Å². The van der Waals surface area contributed by atoms with Gasteiger partial charge in [0.1, 0.15) is 12.4 Å². The summed E-state index contributed by atoms with van der Waals surface area (Å²) in [6.45, 7) is 0.125. The number of alkyl halides is 3. The van der Waals surface area contributed by atoms with Gasteiger partial charge in [0.05, 0.1) is 5.56 Å². The van der Waals surface area contributed by atoms with Gasteiger partial charge in [-0.3, -0.25) is 0 Å². The minimum absolute atomic E-state index is 0.0399. The van der Waals surface area contributed by atoms with E-state index in [2.05, 4.69) is 0 Å². The number of hydrogen-bond donors (Lipinski definition) is 1. The highest BCUT2D eigenvalue weighted by Crippen LogP contribution is 2.32. The van der Waals surface area contributed by atoms with E-state index in [4.69, 9.17) is 22.1 Å². The molecule has 0 aliphatic heterocycles. The molecule has 0 atom stereocenters. The fourth-order valence-corrected chi connectivity index (χ4v) is 2.02. The Balaban J connectivity index is 2.19. The first-order chi connectivity index (χ1) is 9.91. The van der Waals surface area contributed by atoms with E-state index in [0.29, 0.717) is 16.3 Å². The maximum absolute atomic E-state index is 12.6. The quantitative estimate of drug-likeness (QED) is 0.907. The maximum Gasteiger partial charge on any atom is 0.416 e. The van der Waals surface area contributed by atoms with Crippen LogP contribution in [0.25, 0.3) is 0 Å². The lowest BCUT2D eigenvalue weighted by Gasteiger charge is -2.14. The van der Waals surface area contributed by atoms with Gasteiger partial charge in [-0.2, -0.15) is 13.2 Å². The lowest BCUT2D eigenvalue weighted by Crippen LogP contribution is -2.09. The Hall–Kier alpha value is -1.72. The van der Waals surface area contributed by atoms with E-state index in [1.54, 1.807) is 24.3 Å². The lowest BCUT2D eigenvalue weighted by atomic mass is 10.1. The number of rotatable bonds is 4. The van der Waals surface area contributed by atoms with Crippen LogP contribution in [0.2, 0.25) is 5.02 Å². The molecular formula is C15H13ClF3NO. The van der Waals surface area contributed by atoms with Gasteiger partial charge in [0.2, 0.25) is 0 Å². The SMILES string of the molecule is NCc1cc(C(F)(F)F)ccc1OCc1ccccc1Cl. The molecule has 0 aromatic heterocycles. The van der Waals surface area contributed by atoms with E-state index in [1.165, 1.54) is 6.07 Å². The van der Waals surface area contributed by atoms with Crippen LogP contribution in [-0.2, 0) is 19.3 Å². The molecule has 2 rings (SSSR count). The van der Waals surface area contributed by atoms with E-state index in [0.717, 1.165) is 17.7 Å². The molecule has 0 aliphatic rings. The molecule has 0 heterocycles. The second-order valence-electron chi connectivity index (χ2n) is 4.40. The summed E-state index contributed by atoms with van der Waals surface area (Å²) < 4.78 is 43.5. The largest absolute Gasteiger partial charge is 0.489 e. The summed E-state index contributed by atoms with van der Waals surface area (Å²) in [7, 11) is 0. The van der Waals surface area contributed by atoms with E-state index >= 15 is 0 Å². The first-order valence-electron chi connectivity index (χ1n) is 6.18. The second kappa shape index (κ2) is 6.37. The first kappa shape index (κ1) is 15.7. The summed E-state index contributed by atoms with van der Waals surface area (Å²) in [5.74, 6) is 0.324. The Morgan fingerprint density at radius 2 is 1.76 bits per heavy atom. The lowest BCUT2D eigenvalue weighted by molar-refractivity contribution is -0.137. The molecule has 21 heavy (non-hydrogen) atoms. The van der Waals surface area contributed by atoms with Crippen molar-refractivity contribution in [3.05, 3.63) is 64.2 Å². The molecule has 0 bridgehead atoms. The van der Waals surface area contributed by atoms with Crippen LogP contribution in [0.15, 0.2) is 42.5 Å². The Morgan fingerprint density at radius 1 is 1.05 bits per heavy atom. The minimum atomic E-state index is -4.40. The van der Waals surface area contributed by atoms with Crippen molar-refractivity contribution in [1.82, 2.24) is 0 Å². The highest BCUT2D eigenvalue weighted by atomic mass is 35.5. The van der Waals surface area contributed by atoms with Crippen molar-refractivity contribution in [1.29, 1.82) is 0 Å². The topological polar surface area (TPSA) is 35.2 Å². The van der Waals surface area contributed by atoms with Gasteiger partial charge in [0, 0.05) is 22.7 Å². The molecule has 2 aromatic carbocycles. The first-order valence-corrected chi connectivity index (χ1v) is 6.56. The van der Waals surface area contributed by atoms with Crippen molar-refractivity contribution in [3.63, 3.8) is 0 Å². The summed E-state index contributed by atoms with van der Waals surface area (Å²) in [6.07, 6.45) is -4.40. The summed E-state index contributed by atoms with van der Waals surface area (Å²) in [5, 5.41) is 0.540. The molecular weight excluding hydrogens is 303 g/mol. The minimum Gasteiger partial charge on any atom is -0.489 e. The van der Waals surface area contributed by atoms with Crippen molar-refractivity contribution < 1.29 is 17.9 Å². The molecule has 2 N–H and O–H groups in total. The number of nitrogens with two attached hydrogens (primary N) is 1. The maximum atomic E-state index is 12.6. The van der Waals surface area contributed by atoms with E-state index in [9.17, 15) is 13.2 Å². The Labute approximate surface area is 125 Å². The molecule has 0 amide bonds. The highest BCUT2D eigenvalue weighted by molar-refractivity contribution is 6.31. The molecule has 0 saturated heterocycles. The van der Waals surface area contributed by atoms with Gasteiger partial charge in [0.15, 0.2) is 0 Å². The average Bonchev–Trinajstić information content (AvgIpc) is 2.45. The Morgan fingerprint density at radius 3 is 2.38 bits per heavy atom. The van der Waals surface area contributed by atoms with Gasteiger partial charge in [-0.1, -0.05) is 29.8 Å². The summed E-state index contributed by atoms with van der Waals surface area (Å²) >= 11 is 6.00. The molecule has 2 aromatic rings. The van der Waals surface area contributed by atoms with Crippen molar-refractivity contribution in [2.45, 2.75) is 19.3 Å². The van der Waals surface area contributed by atoms with E-state index in [1.807, 2.05) is 0 Å². The number of ether oxygens (including phenoxy) is 1. The third-order valence-electron chi connectivity index (χ3n) is 2.95. The normalized spacial score (nSPS) is 11.5. The number of benzene rings is 2. The molecule has 0 spiro atoms. The van der Waals surface area contributed by atoms with E-state index in [-0.39, 0.29) is 13.2 Å². The average molecular weight is 316 g/mol. The second-order valence-corrected chi connectivity index (χ2v) is 4.81. The van der Waals surface area contributed by atoms with Gasteiger partial charge >= 0.3 is 6.18 Å². The van der Waals surface area contributed by atoms with Crippen LogP contribution < -0.4 is 10.5 Å². The van der Waals surface area contributed by atoms with Crippen LogP contribution >= 0.6 is 11.6 Å². The molecule has 0 saturated carbocycles. The van der Waals surface area contributed by atoms with Crippen LogP contribution in [0, 0.1) is 0 Å². The van der Waals surface area contributed by atoms with Gasteiger partial charge in [0.25, 0.3) is 0 Å². The summed E-state index contributed by atoms with van der Waals surface area (Å²) in [6, 6.07) is 10.4. The predicted octanol–water partition coefficient (Wildman–Crippen LogP) is 4.40. The predicted molar refractivity (Wildman–Crippen MR) is 75.1 cm³/mol. The summed E-state index contributed by atoms with van der Waals surface area (Å²) in [4.78, 5) is 0. The third kappa shape index (κ3) is 3.89. The summed E-state index contributed by atoms with van der Waals surface area (Å²) in [5.41, 5.74) is 5.80. The zero-order valence-electron chi connectivity index (χ0n) is 11.0. The van der Waals surface area contributed by atoms with Gasteiger partial charge < -0.3 is 10.5 Å². The van der Waals surface area contributed by atoms with Crippen LogP contribution in [0.5, 0.6) is 5.75 Å². The van der Waals surface area contributed by atoms with Crippen LogP contribution in [0.3, 0.4) is 0 Å². The van der Waals surface area contributed by atoms with Crippen LogP contribution in [-0.4, -0.2) is 0 Å². The van der Waals surface area contributed by atoms with Gasteiger partial charge in [-0.15, -0.1) is 0 Å². The van der Waals surface area contributed by atoms with Crippen molar-refractivity contribution in [3.8, 4) is 5.75 Å². The van der Waals surface area contributed by atoms with Crippen molar-refractivity contribution >= 4 is 11.6 Å². The zero-order valence-corrected chi connectivity index (χ0v) is 11.7. The number of halogens is 4. The zero-order chi connectivity index (χ0) is 15.5. The van der Waals surface area contributed by atoms with Crippen molar-refractivity contribution in [2.75, 3.05) is 0 Å². The van der Waals surface area contributed by atoms with Gasteiger partial charge in [-0.25, -0.2) is 0 Å². The van der Waals surface area contributed by atoms with Gasteiger partial charge in [-0.05, 0) is 24.3 Å². The fourth-order valence-electron chi connectivity index (χ4n) is 1.83. The smallest absolute Gasteiger partial charge is 0.416 e. The fraction of sp³-hybridized carbons (Fsp3) is 0.200. The molecule has 2 nitrogen and oxygen atoms in total. The van der Waals surface area contributed by atoms with Crippen LogP contribution in [0.4, 0.5) is 13.2 Å². The molecule has 6 heteroatoms. The third-order valence-corrected chi connectivity index (χ3v) is 3.32. The molecule has 0 aliphatic carbocycles. The standard InChI is InChI=1S/C15H13ClF3NO/c16-13-4-2-1-3-10(13)9-21-14-6-5-12(15(17,18)19)7-11(14)8-20/h1-7H,8-9,20H2. The molecule has 0 radical (unpaired) electrons. The molecule has 0 fully saturated rings.